The fourth-order valence-electron chi connectivity index (χ4n) is 2.75. The number of benzene rings is 1. The number of nitrogens with one attached hydrogen (secondary N) is 1. The van der Waals surface area contributed by atoms with Crippen molar-refractivity contribution < 1.29 is 14.7 Å². The molecule has 1 fully saturated rings. The van der Waals surface area contributed by atoms with Crippen molar-refractivity contribution in [1.82, 2.24) is 15.1 Å². The highest BCUT2D eigenvalue weighted by molar-refractivity contribution is 5.96. The number of nitrogens with zero attached hydrogens (tertiary/aromatic N) is 3. The van der Waals surface area contributed by atoms with E-state index in [4.69, 9.17) is 5.11 Å². The van der Waals surface area contributed by atoms with Crippen molar-refractivity contribution in [2.24, 2.45) is 0 Å². The molecule has 0 spiro atoms. The maximum atomic E-state index is 12.5. The van der Waals surface area contributed by atoms with Crippen LogP contribution in [0.25, 0.3) is 0 Å². The van der Waals surface area contributed by atoms with E-state index in [1.807, 2.05) is 12.1 Å². The summed E-state index contributed by atoms with van der Waals surface area (Å²) in [7, 11) is 0. The molecule has 3 rings (SSSR count). The Bertz CT molecular complexity index is 710. The Balaban J connectivity index is 1.56. The lowest BCUT2D eigenvalue weighted by Gasteiger charge is -2.32. The summed E-state index contributed by atoms with van der Waals surface area (Å²) in [4.78, 5) is 25.1. The number of amides is 1. The molecule has 2 N–H and O–H groups in total. The number of carboxylic acids is 1. The first-order valence-corrected chi connectivity index (χ1v) is 7.80. The van der Waals surface area contributed by atoms with Gasteiger partial charge >= 0.3 is 5.97 Å². The van der Waals surface area contributed by atoms with E-state index in [0.29, 0.717) is 18.7 Å². The van der Waals surface area contributed by atoms with Gasteiger partial charge in [0, 0.05) is 30.9 Å². The van der Waals surface area contributed by atoms with Crippen LogP contribution in [0.1, 0.15) is 33.6 Å². The van der Waals surface area contributed by atoms with Crippen molar-refractivity contribution in [2.75, 3.05) is 18.4 Å². The summed E-state index contributed by atoms with van der Waals surface area (Å²) in [5.41, 5.74) is 0.693. The van der Waals surface area contributed by atoms with Crippen molar-refractivity contribution in [1.29, 1.82) is 0 Å². The minimum Gasteiger partial charge on any atom is -0.478 e. The van der Waals surface area contributed by atoms with Crippen LogP contribution in [-0.2, 0) is 0 Å². The summed E-state index contributed by atoms with van der Waals surface area (Å²) in [6.07, 6.45) is 3.28. The topological polar surface area (TPSA) is 95.4 Å². The van der Waals surface area contributed by atoms with E-state index < -0.39 is 5.97 Å². The van der Waals surface area contributed by atoms with Crippen molar-refractivity contribution in [3.63, 3.8) is 0 Å². The van der Waals surface area contributed by atoms with Crippen LogP contribution < -0.4 is 5.32 Å². The fourth-order valence-corrected chi connectivity index (χ4v) is 2.75. The zero-order valence-electron chi connectivity index (χ0n) is 13.1. The van der Waals surface area contributed by atoms with Gasteiger partial charge in [0.05, 0.1) is 5.56 Å². The van der Waals surface area contributed by atoms with Gasteiger partial charge in [0.25, 0.3) is 5.91 Å². The lowest BCUT2D eigenvalue weighted by molar-refractivity contribution is 0.0690. The van der Waals surface area contributed by atoms with Crippen LogP contribution in [0.4, 0.5) is 5.82 Å². The van der Waals surface area contributed by atoms with Crippen LogP contribution in [0, 0.1) is 0 Å². The Kier molecular flexibility index (Phi) is 4.69. The van der Waals surface area contributed by atoms with E-state index in [9.17, 15) is 9.59 Å². The number of likely N-dealkylation sites (tertiary alicyclic amines) is 1. The van der Waals surface area contributed by atoms with Gasteiger partial charge in [0.15, 0.2) is 0 Å². The van der Waals surface area contributed by atoms with Gasteiger partial charge < -0.3 is 15.3 Å². The highest BCUT2D eigenvalue weighted by atomic mass is 16.4. The summed E-state index contributed by atoms with van der Waals surface area (Å²) < 4.78 is 0. The van der Waals surface area contributed by atoms with Gasteiger partial charge in [-0.15, -0.1) is 5.10 Å². The number of hydrogen-bond donors (Lipinski definition) is 2. The van der Waals surface area contributed by atoms with Crippen LogP contribution in [0.2, 0.25) is 0 Å². The number of carbonyl (C=O) groups excluding carboxylic acids is 1. The Hall–Kier alpha value is -2.96. The number of anilines is 1. The molecule has 0 saturated carbocycles. The first-order chi connectivity index (χ1) is 11.6. The fraction of sp³-hybridized carbons (Fsp3) is 0.294. The molecule has 1 aliphatic heterocycles. The average Bonchev–Trinajstić information content (AvgIpc) is 2.63. The first kappa shape index (κ1) is 15.9. The SMILES string of the molecule is O=C(O)c1ccc(C(=O)N2CCC(Nc3cccnn3)CC2)cc1. The molecule has 124 valence electrons. The summed E-state index contributed by atoms with van der Waals surface area (Å²) in [5, 5.41) is 20.1. The molecule has 0 radical (unpaired) electrons. The summed E-state index contributed by atoms with van der Waals surface area (Å²) in [5.74, 6) is -0.318. The number of piperidine rings is 1. The largest absolute Gasteiger partial charge is 0.478 e. The van der Waals surface area contributed by atoms with Crippen LogP contribution >= 0.6 is 0 Å². The summed E-state index contributed by atoms with van der Waals surface area (Å²) >= 11 is 0. The van der Waals surface area contributed by atoms with Gasteiger partial charge in [0.2, 0.25) is 0 Å². The van der Waals surface area contributed by atoms with Crippen molar-refractivity contribution >= 4 is 17.7 Å². The highest BCUT2D eigenvalue weighted by Crippen LogP contribution is 2.17. The molecular weight excluding hydrogens is 308 g/mol. The van der Waals surface area contributed by atoms with Gasteiger partial charge in [-0.05, 0) is 49.2 Å². The maximum absolute atomic E-state index is 12.5. The smallest absolute Gasteiger partial charge is 0.335 e. The quantitative estimate of drug-likeness (QED) is 0.891. The molecular formula is C17H18N4O3. The second-order valence-corrected chi connectivity index (χ2v) is 5.70. The molecule has 24 heavy (non-hydrogen) atoms. The van der Waals surface area contributed by atoms with Crippen LogP contribution in [0.3, 0.4) is 0 Å². The lowest BCUT2D eigenvalue weighted by Crippen LogP contribution is -2.42. The van der Waals surface area contributed by atoms with Gasteiger partial charge in [-0.3, -0.25) is 4.79 Å². The highest BCUT2D eigenvalue weighted by Gasteiger charge is 2.23. The Labute approximate surface area is 139 Å². The average molecular weight is 326 g/mol. The third-order valence-electron chi connectivity index (χ3n) is 4.09. The second kappa shape index (κ2) is 7.08. The number of rotatable bonds is 4. The molecule has 2 heterocycles. The van der Waals surface area contributed by atoms with E-state index in [1.54, 1.807) is 23.2 Å². The van der Waals surface area contributed by atoms with Gasteiger partial charge in [-0.2, -0.15) is 5.10 Å². The van der Waals surface area contributed by atoms with E-state index in [0.717, 1.165) is 18.7 Å². The molecule has 1 saturated heterocycles. The standard InChI is InChI=1S/C17H18N4O3/c22-16(12-3-5-13(6-4-12)17(23)24)21-10-7-14(8-11-21)19-15-2-1-9-18-20-15/h1-6,9,14H,7-8,10-11H2,(H,19,20)(H,23,24). The van der Waals surface area contributed by atoms with E-state index in [-0.39, 0.29) is 17.5 Å². The van der Waals surface area contributed by atoms with E-state index >= 15 is 0 Å². The normalized spacial score (nSPS) is 15.1. The van der Waals surface area contributed by atoms with Crippen molar-refractivity contribution in [2.45, 2.75) is 18.9 Å². The van der Waals surface area contributed by atoms with Crippen molar-refractivity contribution in [3.8, 4) is 0 Å². The number of carbonyl (C=O) groups is 2. The lowest BCUT2D eigenvalue weighted by atomic mass is 10.0. The molecule has 1 amide bonds. The molecule has 0 bridgehead atoms. The number of carboxylic acid groups (broad SMARTS) is 1. The summed E-state index contributed by atoms with van der Waals surface area (Å²) in [6, 6.07) is 10.0. The third-order valence-corrected chi connectivity index (χ3v) is 4.09. The Morgan fingerprint density at radius 2 is 1.75 bits per heavy atom. The predicted molar refractivity (Wildman–Crippen MR) is 88.0 cm³/mol. The zero-order valence-corrected chi connectivity index (χ0v) is 13.1. The van der Waals surface area contributed by atoms with Gasteiger partial charge in [-0.1, -0.05) is 0 Å². The van der Waals surface area contributed by atoms with E-state index in [1.165, 1.54) is 12.1 Å². The minimum atomic E-state index is -0.995. The number of hydrogen-bond acceptors (Lipinski definition) is 5. The Morgan fingerprint density at radius 3 is 2.33 bits per heavy atom. The molecule has 1 aliphatic rings. The molecule has 1 aromatic heterocycles. The minimum absolute atomic E-state index is 0.0649. The third kappa shape index (κ3) is 3.68. The molecule has 0 unspecified atom stereocenters. The molecule has 7 nitrogen and oxygen atoms in total. The van der Waals surface area contributed by atoms with Crippen LogP contribution in [0.5, 0.6) is 0 Å². The first-order valence-electron chi connectivity index (χ1n) is 7.80. The second-order valence-electron chi connectivity index (χ2n) is 5.70. The van der Waals surface area contributed by atoms with Crippen LogP contribution in [-0.4, -0.2) is 51.2 Å². The predicted octanol–water partition coefficient (Wildman–Crippen LogP) is 1.89. The zero-order chi connectivity index (χ0) is 16.9. The summed E-state index contributed by atoms with van der Waals surface area (Å²) in [6.45, 7) is 1.30. The Morgan fingerprint density at radius 1 is 1.08 bits per heavy atom. The number of aromatic nitrogens is 2. The molecule has 1 aromatic carbocycles. The van der Waals surface area contributed by atoms with E-state index in [2.05, 4.69) is 15.5 Å². The van der Waals surface area contributed by atoms with Crippen LogP contribution in [0.15, 0.2) is 42.6 Å². The number of aromatic carboxylic acids is 1. The molecule has 0 atom stereocenters. The van der Waals surface area contributed by atoms with Crippen molar-refractivity contribution in [3.05, 3.63) is 53.7 Å². The molecule has 2 aromatic rings. The monoisotopic (exact) mass is 326 g/mol. The van der Waals surface area contributed by atoms with Gasteiger partial charge in [-0.25, -0.2) is 4.79 Å². The maximum Gasteiger partial charge on any atom is 0.335 e. The van der Waals surface area contributed by atoms with Gasteiger partial charge in [0.1, 0.15) is 5.82 Å². The molecule has 7 heteroatoms. The molecule has 0 aliphatic carbocycles.